The van der Waals surface area contributed by atoms with E-state index in [-0.39, 0.29) is 11.3 Å². The van der Waals surface area contributed by atoms with E-state index in [1.54, 1.807) is 49.4 Å². The molecule has 0 aliphatic carbocycles. The molecule has 148 valence electrons. The van der Waals surface area contributed by atoms with Crippen molar-refractivity contribution in [2.24, 2.45) is 0 Å². The quantitative estimate of drug-likeness (QED) is 0.514. The van der Waals surface area contributed by atoms with Gasteiger partial charge in [0.1, 0.15) is 5.69 Å². The summed E-state index contributed by atoms with van der Waals surface area (Å²) < 4.78 is 42.3. The summed E-state index contributed by atoms with van der Waals surface area (Å²) in [5.74, 6) is 0. The number of imidazole rings is 1. The van der Waals surface area contributed by atoms with E-state index in [0.29, 0.717) is 22.4 Å². The number of alkyl halides is 3. The van der Waals surface area contributed by atoms with Gasteiger partial charge >= 0.3 is 6.18 Å². The van der Waals surface area contributed by atoms with Crippen LogP contribution in [0.4, 0.5) is 13.2 Å². The Hall–Kier alpha value is -3.35. The molecule has 0 aliphatic rings. The Morgan fingerprint density at radius 3 is 2.24 bits per heavy atom. The fraction of sp³-hybridized carbons (Fsp3) is 0.182. The monoisotopic (exact) mass is 397 g/mol. The van der Waals surface area contributed by atoms with Crippen LogP contribution in [-0.4, -0.2) is 14.6 Å². The van der Waals surface area contributed by atoms with E-state index >= 15 is 0 Å². The molecular formula is C22H18F3N3O. The number of nitrogens with zero attached hydrogens (tertiary/aromatic N) is 2. The molecule has 0 amide bonds. The number of aromatic amines is 1. The molecule has 4 rings (SSSR count). The summed E-state index contributed by atoms with van der Waals surface area (Å²) in [7, 11) is 0. The van der Waals surface area contributed by atoms with Gasteiger partial charge in [-0.1, -0.05) is 61.5 Å². The van der Waals surface area contributed by atoms with Crippen LogP contribution >= 0.6 is 0 Å². The molecule has 0 saturated carbocycles. The lowest BCUT2D eigenvalue weighted by Crippen LogP contribution is -2.14. The number of nitrogens with one attached hydrogen (secondary N) is 1. The largest absolute Gasteiger partial charge is 0.435 e. The van der Waals surface area contributed by atoms with Crippen LogP contribution in [0.5, 0.6) is 0 Å². The van der Waals surface area contributed by atoms with Crippen LogP contribution < -0.4 is 5.43 Å². The van der Waals surface area contributed by atoms with E-state index in [0.717, 1.165) is 16.5 Å². The van der Waals surface area contributed by atoms with Crippen molar-refractivity contribution < 1.29 is 13.2 Å². The second-order valence-corrected chi connectivity index (χ2v) is 6.82. The molecule has 0 atom stereocenters. The third-order valence-electron chi connectivity index (χ3n) is 4.93. The minimum absolute atomic E-state index is 0.179. The molecule has 0 saturated heterocycles. The van der Waals surface area contributed by atoms with Gasteiger partial charge in [-0.15, -0.1) is 0 Å². The number of fused-ring (bicyclic) bond motifs is 1. The summed E-state index contributed by atoms with van der Waals surface area (Å²) in [6.45, 7) is 3.69. The summed E-state index contributed by atoms with van der Waals surface area (Å²) in [5, 5.41) is 2.94. The summed E-state index contributed by atoms with van der Waals surface area (Å²) in [6.07, 6.45) is -3.85. The maximum Gasteiger partial charge on any atom is 0.435 e. The van der Waals surface area contributed by atoms with Crippen LogP contribution in [0.2, 0.25) is 0 Å². The highest BCUT2D eigenvalue weighted by Crippen LogP contribution is 2.36. The molecular weight excluding hydrogens is 379 g/mol. The van der Waals surface area contributed by atoms with Gasteiger partial charge in [0, 0.05) is 11.3 Å². The van der Waals surface area contributed by atoms with Gasteiger partial charge < -0.3 is 0 Å². The van der Waals surface area contributed by atoms with Crippen molar-refractivity contribution in [3.05, 3.63) is 81.8 Å². The lowest BCUT2D eigenvalue weighted by atomic mass is 10.0. The summed E-state index contributed by atoms with van der Waals surface area (Å²) in [4.78, 5) is 16.9. The van der Waals surface area contributed by atoms with Crippen LogP contribution in [0.15, 0.2) is 59.4 Å². The average Bonchev–Trinajstić information content (AvgIpc) is 3.09. The molecule has 4 aromatic rings. The van der Waals surface area contributed by atoms with Crippen LogP contribution in [0.1, 0.15) is 23.9 Å². The number of H-pyrrole nitrogens is 1. The van der Waals surface area contributed by atoms with Crippen molar-refractivity contribution in [2.45, 2.75) is 26.4 Å². The minimum atomic E-state index is -4.70. The van der Waals surface area contributed by atoms with E-state index in [9.17, 15) is 18.0 Å². The molecule has 4 nitrogen and oxygen atoms in total. The van der Waals surface area contributed by atoms with E-state index < -0.39 is 17.3 Å². The number of halogens is 3. The average molecular weight is 397 g/mol. The molecule has 2 heterocycles. The van der Waals surface area contributed by atoms with Gasteiger partial charge in [-0.2, -0.15) is 13.2 Å². The molecule has 0 aliphatic heterocycles. The third kappa shape index (κ3) is 3.22. The van der Waals surface area contributed by atoms with Crippen molar-refractivity contribution in [3.63, 3.8) is 0 Å². The first-order chi connectivity index (χ1) is 13.8. The zero-order valence-corrected chi connectivity index (χ0v) is 15.8. The molecule has 2 aromatic carbocycles. The van der Waals surface area contributed by atoms with Crippen LogP contribution in [0, 0.1) is 6.92 Å². The van der Waals surface area contributed by atoms with Crippen molar-refractivity contribution in [1.82, 2.24) is 14.6 Å². The number of benzene rings is 2. The molecule has 0 unspecified atom stereocenters. The molecule has 2 aromatic heterocycles. The highest BCUT2D eigenvalue weighted by molar-refractivity contribution is 5.73. The predicted octanol–water partition coefficient (Wildman–Crippen LogP) is 5.25. The SMILES string of the molecule is CCc1ccc(-c2c(C)[nH]n3c(-c4ccccc4)c(C(F)(F)F)nc3c2=O)cc1. The van der Waals surface area contributed by atoms with Gasteiger partial charge in [-0.25, -0.2) is 9.50 Å². The van der Waals surface area contributed by atoms with Gasteiger partial charge in [0.05, 0.1) is 5.56 Å². The molecule has 1 N–H and O–H groups in total. The Bertz CT molecular complexity index is 1240. The zero-order valence-electron chi connectivity index (χ0n) is 15.8. The minimum Gasteiger partial charge on any atom is -0.296 e. The number of aromatic nitrogens is 3. The number of hydrogen-bond acceptors (Lipinski definition) is 2. The second kappa shape index (κ2) is 6.92. The Kier molecular flexibility index (Phi) is 4.53. The number of hydrogen-bond donors (Lipinski definition) is 1. The maximum atomic E-state index is 13.7. The first-order valence-corrected chi connectivity index (χ1v) is 9.18. The fourth-order valence-corrected chi connectivity index (χ4v) is 3.50. The summed E-state index contributed by atoms with van der Waals surface area (Å²) >= 11 is 0. The van der Waals surface area contributed by atoms with Gasteiger partial charge in [0.2, 0.25) is 11.1 Å². The standard InChI is InChI=1S/C22H18F3N3O/c1-3-14-9-11-15(12-10-14)17-13(2)27-28-18(16-7-5-4-6-8-16)20(22(23,24)25)26-21(28)19(17)29/h4-12,27H,3H2,1-2H3. The molecule has 29 heavy (non-hydrogen) atoms. The Morgan fingerprint density at radius 1 is 1.00 bits per heavy atom. The topological polar surface area (TPSA) is 50.2 Å². The fourth-order valence-electron chi connectivity index (χ4n) is 3.50. The molecule has 7 heteroatoms. The molecule has 0 bridgehead atoms. The van der Waals surface area contributed by atoms with Crippen LogP contribution in [-0.2, 0) is 12.6 Å². The lowest BCUT2D eigenvalue weighted by Gasteiger charge is -2.10. The lowest BCUT2D eigenvalue weighted by molar-refractivity contribution is -0.140. The van der Waals surface area contributed by atoms with E-state index in [4.69, 9.17) is 0 Å². The maximum absolute atomic E-state index is 13.7. The number of rotatable bonds is 3. The van der Waals surface area contributed by atoms with Crippen molar-refractivity contribution in [1.29, 1.82) is 0 Å². The highest BCUT2D eigenvalue weighted by Gasteiger charge is 2.39. The molecule has 0 radical (unpaired) electrons. The normalized spacial score (nSPS) is 11.9. The van der Waals surface area contributed by atoms with Gasteiger partial charge in [0.15, 0.2) is 5.69 Å². The van der Waals surface area contributed by atoms with Crippen molar-refractivity contribution in [3.8, 4) is 22.4 Å². The first kappa shape index (κ1) is 19.0. The summed E-state index contributed by atoms with van der Waals surface area (Å²) in [6, 6.07) is 15.5. The van der Waals surface area contributed by atoms with E-state index in [1.807, 2.05) is 19.1 Å². The molecule has 0 fully saturated rings. The summed E-state index contributed by atoms with van der Waals surface area (Å²) in [5.41, 5.74) is 0.762. The number of aryl methyl sites for hydroxylation is 2. The Morgan fingerprint density at radius 2 is 1.66 bits per heavy atom. The Labute approximate surface area is 164 Å². The van der Waals surface area contributed by atoms with E-state index in [2.05, 4.69) is 10.1 Å². The van der Waals surface area contributed by atoms with Crippen LogP contribution in [0.25, 0.3) is 28.0 Å². The Balaban J connectivity index is 2.04. The van der Waals surface area contributed by atoms with Gasteiger partial charge in [-0.3, -0.25) is 9.89 Å². The predicted molar refractivity (Wildman–Crippen MR) is 106 cm³/mol. The second-order valence-electron chi connectivity index (χ2n) is 6.82. The van der Waals surface area contributed by atoms with Crippen molar-refractivity contribution in [2.75, 3.05) is 0 Å². The van der Waals surface area contributed by atoms with Crippen molar-refractivity contribution >= 4 is 5.65 Å². The van der Waals surface area contributed by atoms with E-state index in [1.165, 1.54) is 0 Å². The third-order valence-corrected chi connectivity index (χ3v) is 4.93. The van der Waals surface area contributed by atoms with Gasteiger partial charge in [-0.05, 0) is 24.5 Å². The smallest absolute Gasteiger partial charge is 0.296 e. The van der Waals surface area contributed by atoms with Gasteiger partial charge in [0.25, 0.3) is 0 Å². The van der Waals surface area contributed by atoms with Crippen LogP contribution in [0.3, 0.4) is 0 Å². The molecule has 0 spiro atoms. The highest BCUT2D eigenvalue weighted by atomic mass is 19.4. The first-order valence-electron chi connectivity index (χ1n) is 9.18. The zero-order chi connectivity index (χ0) is 20.8.